The van der Waals surface area contributed by atoms with Gasteiger partial charge in [-0.25, -0.2) is 9.78 Å². The third-order valence-electron chi connectivity index (χ3n) is 3.19. The van der Waals surface area contributed by atoms with Crippen molar-refractivity contribution in [2.24, 2.45) is 5.92 Å². The normalized spacial score (nSPS) is 12.8. The van der Waals surface area contributed by atoms with Gasteiger partial charge >= 0.3 is 5.97 Å². The summed E-state index contributed by atoms with van der Waals surface area (Å²) in [7, 11) is 0. The molecule has 0 aliphatic rings. The Labute approximate surface area is 127 Å². The molecule has 21 heavy (non-hydrogen) atoms. The molecule has 2 heterocycles. The van der Waals surface area contributed by atoms with Gasteiger partial charge in [0.1, 0.15) is 10.9 Å². The van der Waals surface area contributed by atoms with Crippen molar-refractivity contribution in [2.75, 3.05) is 6.61 Å². The number of nitrogens with zero attached hydrogens (tertiary/aromatic N) is 2. The molecule has 0 saturated heterocycles. The number of esters is 1. The number of thiophene rings is 1. The van der Waals surface area contributed by atoms with Crippen LogP contribution in [0.25, 0.3) is 10.2 Å². The van der Waals surface area contributed by atoms with Gasteiger partial charge in [0.25, 0.3) is 5.56 Å². The Morgan fingerprint density at radius 1 is 1.43 bits per heavy atom. The topological polar surface area (TPSA) is 61.2 Å². The van der Waals surface area contributed by atoms with E-state index >= 15 is 0 Å². The summed E-state index contributed by atoms with van der Waals surface area (Å²) in [6, 6.07) is 1.19. The van der Waals surface area contributed by atoms with Crippen LogP contribution in [-0.2, 0) is 16.0 Å². The molecule has 2 aromatic heterocycles. The number of fused-ring (bicyclic) bond motifs is 1. The molecule has 1 unspecified atom stereocenters. The maximum Gasteiger partial charge on any atom is 0.329 e. The van der Waals surface area contributed by atoms with Crippen LogP contribution in [0.3, 0.4) is 0 Å². The van der Waals surface area contributed by atoms with E-state index in [2.05, 4.69) is 4.98 Å². The first-order chi connectivity index (χ1) is 9.93. The van der Waals surface area contributed by atoms with Crippen LogP contribution in [0.4, 0.5) is 0 Å². The zero-order valence-corrected chi connectivity index (χ0v) is 13.6. The fourth-order valence-corrected chi connectivity index (χ4v) is 2.85. The molecule has 2 aromatic rings. The second kappa shape index (κ2) is 6.39. The maximum absolute atomic E-state index is 12.5. The largest absolute Gasteiger partial charge is 0.464 e. The summed E-state index contributed by atoms with van der Waals surface area (Å²) in [6.07, 6.45) is 2.30. The molecule has 0 aliphatic heterocycles. The second-order valence-corrected chi connectivity index (χ2v) is 6.56. The summed E-state index contributed by atoms with van der Waals surface area (Å²) in [6.45, 7) is 7.98. The molecule has 0 N–H and O–H groups in total. The number of hydrogen-bond donors (Lipinski definition) is 0. The van der Waals surface area contributed by atoms with E-state index in [1.54, 1.807) is 6.92 Å². The van der Waals surface area contributed by atoms with Crippen molar-refractivity contribution < 1.29 is 9.53 Å². The van der Waals surface area contributed by atoms with E-state index in [1.807, 2.05) is 26.8 Å². The second-order valence-electron chi connectivity index (χ2n) is 5.44. The van der Waals surface area contributed by atoms with Crippen LogP contribution in [0, 0.1) is 5.92 Å². The maximum atomic E-state index is 12.5. The van der Waals surface area contributed by atoms with Crippen LogP contribution in [-0.4, -0.2) is 22.1 Å². The first-order valence-corrected chi connectivity index (χ1v) is 7.91. The minimum absolute atomic E-state index is 0.190. The molecule has 6 heteroatoms. The average Bonchev–Trinajstić information content (AvgIpc) is 2.88. The van der Waals surface area contributed by atoms with Gasteiger partial charge < -0.3 is 4.74 Å². The monoisotopic (exact) mass is 308 g/mol. The van der Waals surface area contributed by atoms with Gasteiger partial charge in [-0.05, 0) is 25.3 Å². The van der Waals surface area contributed by atoms with Gasteiger partial charge in [-0.3, -0.25) is 9.36 Å². The SMILES string of the molecule is CCc1cc2c(=O)n(C(C)C(=O)OCC(C)C)cnc2s1. The van der Waals surface area contributed by atoms with E-state index < -0.39 is 12.0 Å². The molecule has 1 atom stereocenters. The lowest BCUT2D eigenvalue weighted by molar-refractivity contribution is -0.148. The molecule has 0 radical (unpaired) electrons. The van der Waals surface area contributed by atoms with Crippen LogP contribution in [0.5, 0.6) is 0 Å². The molecular weight excluding hydrogens is 288 g/mol. The molecule has 0 aliphatic carbocycles. The molecule has 0 spiro atoms. The zero-order valence-electron chi connectivity index (χ0n) is 12.8. The predicted molar refractivity (Wildman–Crippen MR) is 83.8 cm³/mol. The standard InChI is InChI=1S/C15H20N2O3S/c1-5-11-6-12-13(21-11)16-8-17(14(12)18)10(4)15(19)20-7-9(2)3/h6,8-10H,5,7H2,1-4H3. The third kappa shape index (κ3) is 3.32. The number of carbonyl (C=O) groups excluding carboxylic acids is 1. The minimum atomic E-state index is -0.668. The molecular formula is C15H20N2O3S. The van der Waals surface area contributed by atoms with Crippen molar-refractivity contribution >= 4 is 27.5 Å². The highest BCUT2D eigenvalue weighted by Gasteiger charge is 2.20. The van der Waals surface area contributed by atoms with Gasteiger partial charge in [0.05, 0.1) is 18.3 Å². The van der Waals surface area contributed by atoms with Gasteiger partial charge in [0.2, 0.25) is 0 Å². The summed E-state index contributed by atoms with van der Waals surface area (Å²) in [5, 5.41) is 0.572. The molecule has 0 amide bonds. The van der Waals surface area contributed by atoms with Gasteiger partial charge in [-0.15, -0.1) is 11.3 Å². The number of rotatable bonds is 5. The van der Waals surface area contributed by atoms with Crippen LogP contribution in [0.2, 0.25) is 0 Å². The van der Waals surface area contributed by atoms with E-state index in [9.17, 15) is 9.59 Å². The number of aromatic nitrogens is 2. The van der Waals surface area contributed by atoms with E-state index in [1.165, 1.54) is 22.2 Å². The van der Waals surface area contributed by atoms with Crippen molar-refractivity contribution in [2.45, 2.75) is 40.2 Å². The number of aryl methyl sites for hydroxylation is 1. The number of hydrogen-bond acceptors (Lipinski definition) is 5. The van der Waals surface area contributed by atoms with Gasteiger partial charge in [0, 0.05) is 4.88 Å². The number of carbonyl (C=O) groups is 1. The van der Waals surface area contributed by atoms with E-state index in [0.717, 1.165) is 16.1 Å². The molecule has 0 bridgehead atoms. The van der Waals surface area contributed by atoms with Gasteiger partial charge in [0.15, 0.2) is 0 Å². The highest BCUT2D eigenvalue weighted by atomic mass is 32.1. The fraction of sp³-hybridized carbons (Fsp3) is 0.533. The first kappa shape index (κ1) is 15.7. The Hall–Kier alpha value is -1.69. The Balaban J connectivity index is 2.31. The van der Waals surface area contributed by atoms with Crippen LogP contribution >= 0.6 is 11.3 Å². The zero-order chi connectivity index (χ0) is 15.6. The lowest BCUT2D eigenvalue weighted by atomic mass is 10.2. The number of ether oxygens (including phenoxy) is 1. The molecule has 0 saturated carbocycles. The molecule has 0 fully saturated rings. The van der Waals surface area contributed by atoms with Crippen molar-refractivity contribution in [3.8, 4) is 0 Å². The lowest BCUT2D eigenvalue weighted by Crippen LogP contribution is -2.29. The quantitative estimate of drug-likeness (QED) is 0.797. The molecule has 114 valence electrons. The highest BCUT2D eigenvalue weighted by Crippen LogP contribution is 2.21. The summed E-state index contributed by atoms with van der Waals surface area (Å²) in [5.41, 5.74) is -0.190. The lowest BCUT2D eigenvalue weighted by Gasteiger charge is -2.14. The van der Waals surface area contributed by atoms with E-state index in [-0.39, 0.29) is 11.5 Å². The molecule has 5 nitrogen and oxygen atoms in total. The predicted octanol–water partition coefficient (Wildman–Crippen LogP) is 2.78. The van der Waals surface area contributed by atoms with Gasteiger partial charge in [-0.2, -0.15) is 0 Å². The van der Waals surface area contributed by atoms with Gasteiger partial charge in [-0.1, -0.05) is 20.8 Å². The Morgan fingerprint density at radius 3 is 2.76 bits per heavy atom. The molecule has 0 aromatic carbocycles. The summed E-state index contributed by atoms with van der Waals surface area (Å²) < 4.78 is 6.53. The van der Waals surface area contributed by atoms with Crippen molar-refractivity contribution in [1.29, 1.82) is 0 Å². The van der Waals surface area contributed by atoms with Crippen LogP contribution in [0.15, 0.2) is 17.2 Å². The Morgan fingerprint density at radius 2 is 2.14 bits per heavy atom. The van der Waals surface area contributed by atoms with Crippen LogP contribution in [0.1, 0.15) is 38.6 Å². The first-order valence-electron chi connectivity index (χ1n) is 7.10. The van der Waals surface area contributed by atoms with Crippen molar-refractivity contribution in [3.63, 3.8) is 0 Å². The smallest absolute Gasteiger partial charge is 0.329 e. The summed E-state index contributed by atoms with van der Waals surface area (Å²) >= 11 is 1.51. The summed E-state index contributed by atoms with van der Waals surface area (Å²) in [5.74, 6) is -0.139. The van der Waals surface area contributed by atoms with Crippen molar-refractivity contribution in [3.05, 3.63) is 27.6 Å². The fourth-order valence-electron chi connectivity index (χ4n) is 1.92. The Kier molecular flexibility index (Phi) is 4.77. The summed E-state index contributed by atoms with van der Waals surface area (Å²) in [4.78, 5) is 30.6. The van der Waals surface area contributed by atoms with Crippen LogP contribution < -0.4 is 5.56 Å². The van der Waals surface area contributed by atoms with E-state index in [0.29, 0.717) is 12.0 Å². The third-order valence-corrected chi connectivity index (χ3v) is 4.38. The minimum Gasteiger partial charge on any atom is -0.464 e. The highest BCUT2D eigenvalue weighted by molar-refractivity contribution is 7.18. The Bertz CT molecular complexity index is 702. The molecule has 2 rings (SSSR count). The van der Waals surface area contributed by atoms with Crippen molar-refractivity contribution in [1.82, 2.24) is 9.55 Å². The van der Waals surface area contributed by atoms with E-state index in [4.69, 9.17) is 4.74 Å². The average molecular weight is 308 g/mol.